The lowest BCUT2D eigenvalue weighted by Gasteiger charge is -2.21. The van der Waals surface area contributed by atoms with Crippen molar-refractivity contribution in [1.82, 2.24) is 5.32 Å². The van der Waals surface area contributed by atoms with Crippen LogP contribution in [0.5, 0.6) is 0 Å². The van der Waals surface area contributed by atoms with Crippen LogP contribution in [0.15, 0.2) is 22.7 Å². The summed E-state index contributed by atoms with van der Waals surface area (Å²) in [5.74, 6) is 1.65. The molecule has 0 aliphatic heterocycles. The molecule has 0 radical (unpaired) electrons. The molecule has 0 heterocycles. The molecule has 1 saturated carbocycles. The average Bonchev–Trinajstić information content (AvgIpc) is 3.18. The predicted molar refractivity (Wildman–Crippen MR) is 80.8 cm³/mol. The molecular formula is C14H20BrClN2. The van der Waals surface area contributed by atoms with Crippen molar-refractivity contribution in [1.29, 1.82) is 0 Å². The third-order valence-electron chi connectivity index (χ3n) is 3.68. The van der Waals surface area contributed by atoms with E-state index in [0.29, 0.717) is 6.54 Å². The first kappa shape index (κ1) is 14.3. The highest BCUT2D eigenvalue weighted by Gasteiger charge is 2.28. The van der Waals surface area contributed by atoms with Gasteiger partial charge in [0.1, 0.15) is 0 Å². The smallest absolute Gasteiger partial charge is 0.0456 e. The van der Waals surface area contributed by atoms with E-state index in [1.807, 2.05) is 18.2 Å². The Bertz CT molecular complexity index is 407. The molecule has 2 unspecified atom stereocenters. The molecule has 0 aromatic heterocycles. The summed E-state index contributed by atoms with van der Waals surface area (Å²) in [7, 11) is 0. The van der Waals surface area contributed by atoms with Crippen LogP contribution in [0.3, 0.4) is 0 Å². The lowest BCUT2D eigenvalue weighted by Crippen LogP contribution is -2.32. The van der Waals surface area contributed by atoms with Crippen LogP contribution in [-0.4, -0.2) is 13.1 Å². The zero-order chi connectivity index (χ0) is 13.1. The van der Waals surface area contributed by atoms with E-state index in [2.05, 4.69) is 28.2 Å². The highest BCUT2D eigenvalue weighted by atomic mass is 79.9. The van der Waals surface area contributed by atoms with Gasteiger partial charge in [-0.2, -0.15) is 0 Å². The fraction of sp³-hybridized carbons (Fsp3) is 0.571. The Labute approximate surface area is 122 Å². The van der Waals surface area contributed by atoms with Gasteiger partial charge in [-0.3, -0.25) is 0 Å². The van der Waals surface area contributed by atoms with Crippen LogP contribution in [0.25, 0.3) is 0 Å². The normalized spacial score (nSPS) is 18.7. The number of nitrogens with one attached hydrogen (secondary N) is 1. The molecule has 3 N–H and O–H groups in total. The summed E-state index contributed by atoms with van der Waals surface area (Å²) in [6, 6.07) is 6.01. The van der Waals surface area contributed by atoms with Crippen molar-refractivity contribution < 1.29 is 0 Å². The van der Waals surface area contributed by atoms with Crippen molar-refractivity contribution in [2.24, 2.45) is 17.6 Å². The lowest BCUT2D eigenvalue weighted by atomic mass is 10.0. The maximum absolute atomic E-state index is 6.05. The SMILES string of the molecule is CC(CNC(CN)c1cc(Cl)ccc1Br)C1CC1. The third kappa shape index (κ3) is 3.70. The van der Waals surface area contributed by atoms with Crippen LogP contribution in [0.1, 0.15) is 31.4 Å². The summed E-state index contributed by atoms with van der Waals surface area (Å²) in [5, 5.41) is 4.31. The van der Waals surface area contributed by atoms with Crippen molar-refractivity contribution in [2.75, 3.05) is 13.1 Å². The van der Waals surface area contributed by atoms with Gasteiger partial charge >= 0.3 is 0 Å². The minimum absolute atomic E-state index is 0.166. The predicted octanol–water partition coefficient (Wildman–Crippen LogP) is 3.74. The van der Waals surface area contributed by atoms with E-state index in [9.17, 15) is 0 Å². The van der Waals surface area contributed by atoms with Crippen LogP contribution < -0.4 is 11.1 Å². The van der Waals surface area contributed by atoms with E-state index in [0.717, 1.165) is 33.4 Å². The molecule has 0 spiro atoms. The largest absolute Gasteiger partial charge is 0.329 e. The molecule has 0 bridgehead atoms. The van der Waals surface area contributed by atoms with Crippen molar-refractivity contribution in [3.63, 3.8) is 0 Å². The average molecular weight is 332 g/mol. The molecule has 2 atom stereocenters. The molecule has 2 rings (SSSR count). The Kier molecular flexibility index (Phi) is 5.07. The van der Waals surface area contributed by atoms with Gasteiger partial charge in [0.2, 0.25) is 0 Å². The topological polar surface area (TPSA) is 38.0 Å². The lowest BCUT2D eigenvalue weighted by molar-refractivity contribution is 0.422. The Morgan fingerprint density at radius 2 is 2.22 bits per heavy atom. The Hall–Kier alpha value is -0.0900. The van der Waals surface area contributed by atoms with Gasteiger partial charge < -0.3 is 11.1 Å². The molecule has 1 fully saturated rings. The molecular weight excluding hydrogens is 312 g/mol. The van der Waals surface area contributed by atoms with E-state index < -0.39 is 0 Å². The number of nitrogens with two attached hydrogens (primary N) is 1. The summed E-state index contributed by atoms with van der Waals surface area (Å²) in [5.41, 5.74) is 7.02. The summed E-state index contributed by atoms with van der Waals surface area (Å²) >= 11 is 9.62. The minimum atomic E-state index is 0.166. The molecule has 1 aromatic rings. The van der Waals surface area contributed by atoms with Gasteiger partial charge in [0, 0.05) is 22.1 Å². The number of halogens is 2. The molecule has 1 aliphatic rings. The second kappa shape index (κ2) is 6.38. The maximum Gasteiger partial charge on any atom is 0.0456 e. The first-order valence-electron chi connectivity index (χ1n) is 6.50. The van der Waals surface area contributed by atoms with E-state index in [1.165, 1.54) is 12.8 Å². The number of hydrogen-bond acceptors (Lipinski definition) is 2. The molecule has 2 nitrogen and oxygen atoms in total. The number of rotatable bonds is 6. The van der Waals surface area contributed by atoms with Crippen molar-refractivity contribution in [3.05, 3.63) is 33.3 Å². The molecule has 1 aliphatic carbocycles. The fourth-order valence-corrected chi connectivity index (χ4v) is 2.97. The molecule has 4 heteroatoms. The first-order valence-corrected chi connectivity index (χ1v) is 7.67. The van der Waals surface area contributed by atoms with Crippen LogP contribution in [0.2, 0.25) is 5.02 Å². The van der Waals surface area contributed by atoms with Crippen LogP contribution in [0.4, 0.5) is 0 Å². The standard InChI is InChI=1S/C14H20BrClN2/c1-9(10-2-3-10)8-18-14(7-17)12-6-11(16)4-5-13(12)15/h4-6,9-10,14,18H,2-3,7-8,17H2,1H3. The number of hydrogen-bond donors (Lipinski definition) is 2. The quantitative estimate of drug-likeness (QED) is 0.833. The summed E-state index contributed by atoms with van der Waals surface area (Å²) in [4.78, 5) is 0. The highest BCUT2D eigenvalue weighted by Crippen LogP contribution is 2.36. The second-order valence-corrected chi connectivity index (χ2v) is 6.47. The Balaban J connectivity index is 2.00. The summed E-state index contributed by atoms with van der Waals surface area (Å²) < 4.78 is 1.06. The van der Waals surface area contributed by atoms with Crippen molar-refractivity contribution >= 4 is 27.5 Å². The van der Waals surface area contributed by atoms with E-state index in [1.54, 1.807) is 0 Å². The van der Waals surface area contributed by atoms with E-state index in [-0.39, 0.29) is 6.04 Å². The zero-order valence-corrected chi connectivity index (χ0v) is 13.0. The minimum Gasteiger partial charge on any atom is -0.329 e. The van der Waals surface area contributed by atoms with Gasteiger partial charge in [-0.15, -0.1) is 0 Å². The molecule has 1 aromatic carbocycles. The summed E-state index contributed by atoms with van der Waals surface area (Å²) in [6.45, 7) is 3.91. The Morgan fingerprint density at radius 3 is 2.83 bits per heavy atom. The molecule has 100 valence electrons. The highest BCUT2D eigenvalue weighted by molar-refractivity contribution is 9.10. The van der Waals surface area contributed by atoms with Gasteiger partial charge in [-0.1, -0.05) is 34.5 Å². The van der Waals surface area contributed by atoms with Crippen LogP contribution in [0, 0.1) is 11.8 Å². The van der Waals surface area contributed by atoms with Gasteiger partial charge in [-0.05, 0) is 55.0 Å². The van der Waals surface area contributed by atoms with Gasteiger partial charge in [0.25, 0.3) is 0 Å². The van der Waals surface area contributed by atoms with E-state index in [4.69, 9.17) is 17.3 Å². The van der Waals surface area contributed by atoms with Crippen molar-refractivity contribution in [2.45, 2.75) is 25.8 Å². The van der Waals surface area contributed by atoms with Gasteiger partial charge in [-0.25, -0.2) is 0 Å². The maximum atomic E-state index is 6.05. The molecule has 18 heavy (non-hydrogen) atoms. The number of benzene rings is 1. The Morgan fingerprint density at radius 1 is 1.50 bits per heavy atom. The van der Waals surface area contributed by atoms with Gasteiger partial charge in [0.15, 0.2) is 0 Å². The van der Waals surface area contributed by atoms with Crippen molar-refractivity contribution in [3.8, 4) is 0 Å². The monoisotopic (exact) mass is 330 g/mol. The molecule has 0 amide bonds. The van der Waals surface area contributed by atoms with Gasteiger partial charge in [0.05, 0.1) is 0 Å². The van der Waals surface area contributed by atoms with E-state index >= 15 is 0 Å². The second-order valence-electron chi connectivity index (χ2n) is 5.18. The molecule has 0 saturated heterocycles. The van der Waals surface area contributed by atoms with Crippen LogP contribution in [-0.2, 0) is 0 Å². The first-order chi connectivity index (χ1) is 8.61. The summed E-state index contributed by atoms with van der Waals surface area (Å²) in [6.07, 6.45) is 2.77. The van der Waals surface area contributed by atoms with Crippen LogP contribution >= 0.6 is 27.5 Å². The zero-order valence-electron chi connectivity index (χ0n) is 10.6. The fourth-order valence-electron chi connectivity index (χ4n) is 2.26. The third-order valence-corrected chi connectivity index (χ3v) is 4.64.